The van der Waals surface area contributed by atoms with Gasteiger partial charge in [-0.3, -0.25) is 0 Å². The molecule has 0 saturated carbocycles. The third-order valence-electron chi connectivity index (χ3n) is 4.01. The van der Waals surface area contributed by atoms with Crippen LogP contribution in [0.5, 0.6) is 0 Å². The van der Waals surface area contributed by atoms with Crippen LogP contribution in [-0.4, -0.2) is 0 Å². The molecule has 0 saturated heterocycles. The van der Waals surface area contributed by atoms with E-state index in [1.165, 1.54) is 33.4 Å². The highest BCUT2D eigenvalue weighted by Gasteiger charge is 2.05. The second-order valence-corrected chi connectivity index (χ2v) is 5.23. The number of hydrogen-bond acceptors (Lipinski definition) is 0. The van der Waals surface area contributed by atoms with Crippen molar-refractivity contribution < 1.29 is 0 Å². The molecule has 94 valence electrons. The first-order chi connectivity index (χ1) is 8.59. The van der Waals surface area contributed by atoms with Gasteiger partial charge >= 0.3 is 0 Å². The first-order valence-corrected chi connectivity index (χ1v) is 6.70. The summed E-state index contributed by atoms with van der Waals surface area (Å²) in [6.45, 7) is 8.85. The molecular weight excluding hydrogens is 216 g/mol. The lowest BCUT2D eigenvalue weighted by Gasteiger charge is -2.12. The molecule has 0 aromatic heterocycles. The Labute approximate surface area is 111 Å². The van der Waals surface area contributed by atoms with Crippen LogP contribution in [0.1, 0.15) is 33.4 Å². The summed E-state index contributed by atoms with van der Waals surface area (Å²) < 4.78 is 0. The maximum atomic E-state index is 2.26. The number of hydrogen-bond donors (Lipinski definition) is 0. The molecule has 0 amide bonds. The van der Waals surface area contributed by atoms with Crippen molar-refractivity contribution in [2.75, 3.05) is 0 Å². The van der Waals surface area contributed by atoms with Gasteiger partial charge in [-0.05, 0) is 73.9 Å². The Balaban J connectivity index is 2.19. The van der Waals surface area contributed by atoms with Gasteiger partial charge in [0, 0.05) is 0 Å². The third kappa shape index (κ3) is 2.64. The monoisotopic (exact) mass is 238 g/mol. The minimum Gasteiger partial charge on any atom is -0.0617 e. The van der Waals surface area contributed by atoms with Crippen LogP contribution < -0.4 is 0 Å². The predicted octanol–water partition coefficient (Wildman–Crippen LogP) is 4.71. The molecule has 2 aromatic rings. The van der Waals surface area contributed by atoms with Crippen LogP contribution in [0.15, 0.2) is 36.4 Å². The first-order valence-electron chi connectivity index (χ1n) is 6.70. The normalized spacial score (nSPS) is 10.7. The van der Waals surface area contributed by atoms with Gasteiger partial charge < -0.3 is 0 Å². The van der Waals surface area contributed by atoms with E-state index in [0.29, 0.717) is 0 Å². The van der Waals surface area contributed by atoms with E-state index < -0.39 is 0 Å². The zero-order chi connectivity index (χ0) is 13.1. The smallest absolute Gasteiger partial charge is 0.0233 e. The molecule has 0 radical (unpaired) electrons. The lowest BCUT2D eigenvalue weighted by Crippen LogP contribution is -1.99. The second kappa shape index (κ2) is 5.39. The summed E-state index contributed by atoms with van der Waals surface area (Å²) in [7, 11) is 0. The predicted molar refractivity (Wildman–Crippen MR) is 79.2 cm³/mol. The molecule has 0 aliphatic heterocycles. The molecule has 0 bridgehead atoms. The van der Waals surface area contributed by atoms with E-state index in [0.717, 1.165) is 12.8 Å². The highest BCUT2D eigenvalue weighted by Crippen LogP contribution is 2.19. The van der Waals surface area contributed by atoms with E-state index in [4.69, 9.17) is 0 Å². The molecule has 0 heterocycles. The topological polar surface area (TPSA) is 0 Å². The Hall–Kier alpha value is -1.56. The highest BCUT2D eigenvalue weighted by atomic mass is 14.1. The van der Waals surface area contributed by atoms with Gasteiger partial charge in [0.1, 0.15) is 0 Å². The van der Waals surface area contributed by atoms with Crippen LogP contribution in [0.2, 0.25) is 0 Å². The van der Waals surface area contributed by atoms with Gasteiger partial charge in [0.25, 0.3) is 0 Å². The summed E-state index contributed by atoms with van der Waals surface area (Å²) >= 11 is 0. The van der Waals surface area contributed by atoms with Crippen molar-refractivity contribution in [3.8, 4) is 0 Å². The average Bonchev–Trinajstić information content (AvgIpc) is 2.33. The van der Waals surface area contributed by atoms with E-state index in [1.54, 1.807) is 0 Å². The van der Waals surface area contributed by atoms with Crippen molar-refractivity contribution in [2.24, 2.45) is 0 Å². The molecular formula is C18H22. The summed E-state index contributed by atoms with van der Waals surface area (Å²) in [5.74, 6) is 0. The molecule has 0 atom stereocenters. The largest absolute Gasteiger partial charge is 0.0617 e. The standard InChI is InChI=1S/C18H22/c1-13-7-6-10-17(16(13)4)11-12-18-14(2)8-5-9-15(18)3/h5-10H,11-12H2,1-4H3. The minimum atomic E-state index is 1.14. The Morgan fingerprint density at radius 3 is 1.89 bits per heavy atom. The quantitative estimate of drug-likeness (QED) is 0.726. The number of rotatable bonds is 3. The van der Waals surface area contributed by atoms with E-state index in [2.05, 4.69) is 64.1 Å². The van der Waals surface area contributed by atoms with Gasteiger partial charge in [0.05, 0.1) is 0 Å². The van der Waals surface area contributed by atoms with E-state index in [-0.39, 0.29) is 0 Å². The van der Waals surface area contributed by atoms with Gasteiger partial charge in [0.15, 0.2) is 0 Å². The van der Waals surface area contributed by atoms with Crippen molar-refractivity contribution in [2.45, 2.75) is 40.5 Å². The molecule has 0 spiro atoms. The van der Waals surface area contributed by atoms with Crippen molar-refractivity contribution in [1.82, 2.24) is 0 Å². The number of aryl methyl sites for hydroxylation is 4. The molecule has 2 aromatic carbocycles. The molecule has 0 aliphatic rings. The highest BCUT2D eigenvalue weighted by molar-refractivity contribution is 5.37. The summed E-state index contributed by atoms with van der Waals surface area (Å²) in [5, 5.41) is 0. The summed E-state index contributed by atoms with van der Waals surface area (Å²) in [6, 6.07) is 13.2. The maximum Gasteiger partial charge on any atom is -0.0233 e. The summed E-state index contributed by atoms with van der Waals surface area (Å²) in [4.78, 5) is 0. The minimum absolute atomic E-state index is 1.14. The van der Waals surface area contributed by atoms with Crippen LogP contribution in [0, 0.1) is 27.7 Å². The van der Waals surface area contributed by atoms with Crippen molar-refractivity contribution >= 4 is 0 Å². The molecule has 0 aliphatic carbocycles. The lowest BCUT2D eigenvalue weighted by molar-refractivity contribution is 0.925. The average molecular weight is 238 g/mol. The van der Waals surface area contributed by atoms with Gasteiger partial charge in [0.2, 0.25) is 0 Å². The molecule has 0 nitrogen and oxygen atoms in total. The molecule has 0 N–H and O–H groups in total. The summed E-state index contributed by atoms with van der Waals surface area (Å²) in [6.07, 6.45) is 2.28. The van der Waals surface area contributed by atoms with Crippen molar-refractivity contribution in [3.05, 3.63) is 69.8 Å². The summed E-state index contributed by atoms with van der Waals surface area (Å²) in [5.41, 5.74) is 8.68. The van der Waals surface area contributed by atoms with Crippen LogP contribution in [0.3, 0.4) is 0 Å². The second-order valence-electron chi connectivity index (χ2n) is 5.23. The van der Waals surface area contributed by atoms with Crippen LogP contribution in [0.25, 0.3) is 0 Å². The zero-order valence-electron chi connectivity index (χ0n) is 11.9. The first kappa shape index (κ1) is 12.9. The fraction of sp³-hybridized carbons (Fsp3) is 0.333. The Kier molecular flexibility index (Phi) is 3.86. The lowest BCUT2D eigenvalue weighted by atomic mass is 9.94. The Morgan fingerprint density at radius 1 is 0.667 bits per heavy atom. The Bertz CT molecular complexity index is 530. The van der Waals surface area contributed by atoms with E-state index in [1.807, 2.05) is 0 Å². The Morgan fingerprint density at radius 2 is 1.22 bits per heavy atom. The maximum absolute atomic E-state index is 2.26. The molecule has 0 fully saturated rings. The van der Waals surface area contributed by atoms with E-state index >= 15 is 0 Å². The molecule has 2 rings (SSSR count). The molecule has 0 heteroatoms. The van der Waals surface area contributed by atoms with Crippen molar-refractivity contribution in [3.63, 3.8) is 0 Å². The molecule has 18 heavy (non-hydrogen) atoms. The fourth-order valence-electron chi connectivity index (χ4n) is 2.59. The molecule has 0 unspecified atom stereocenters. The van der Waals surface area contributed by atoms with Gasteiger partial charge in [-0.25, -0.2) is 0 Å². The van der Waals surface area contributed by atoms with Crippen LogP contribution in [-0.2, 0) is 12.8 Å². The van der Waals surface area contributed by atoms with Gasteiger partial charge in [-0.15, -0.1) is 0 Å². The van der Waals surface area contributed by atoms with Crippen LogP contribution in [0.4, 0.5) is 0 Å². The number of benzene rings is 2. The van der Waals surface area contributed by atoms with Gasteiger partial charge in [-0.2, -0.15) is 0 Å². The SMILES string of the molecule is Cc1cccc(CCc2c(C)cccc2C)c1C. The van der Waals surface area contributed by atoms with Gasteiger partial charge in [-0.1, -0.05) is 36.4 Å². The van der Waals surface area contributed by atoms with Crippen LogP contribution >= 0.6 is 0 Å². The fourth-order valence-corrected chi connectivity index (χ4v) is 2.59. The zero-order valence-corrected chi connectivity index (χ0v) is 11.9. The third-order valence-corrected chi connectivity index (χ3v) is 4.01. The van der Waals surface area contributed by atoms with E-state index in [9.17, 15) is 0 Å². The van der Waals surface area contributed by atoms with Crippen molar-refractivity contribution in [1.29, 1.82) is 0 Å².